The molecule has 0 saturated heterocycles. The van der Waals surface area contributed by atoms with E-state index in [1.165, 1.54) is 7.11 Å². The molecule has 0 saturated carbocycles. The number of anilines is 2. The Kier molecular flexibility index (Phi) is 7.66. The van der Waals surface area contributed by atoms with Gasteiger partial charge in [0.15, 0.2) is 18.1 Å². The van der Waals surface area contributed by atoms with Gasteiger partial charge in [-0.15, -0.1) is 0 Å². The van der Waals surface area contributed by atoms with Crippen molar-refractivity contribution >= 4 is 40.5 Å². The molecule has 0 aliphatic rings. The van der Waals surface area contributed by atoms with Gasteiger partial charge in [-0.2, -0.15) is 0 Å². The van der Waals surface area contributed by atoms with Crippen molar-refractivity contribution in [2.45, 2.75) is 20.4 Å². The van der Waals surface area contributed by atoms with E-state index < -0.39 is 0 Å². The molecule has 5 nitrogen and oxygen atoms in total. The molecule has 3 aromatic rings. The van der Waals surface area contributed by atoms with Crippen LogP contribution in [-0.4, -0.2) is 19.6 Å². The van der Waals surface area contributed by atoms with Gasteiger partial charge in [0, 0.05) is 22.9 Å². The minimum absolute atomic E-state index is 0.191. The van der Waals surface area contributed by atoms with Crippen LogP contribution in [0.1, 0.15) is 16.7 Å². The van der Waals surface area contributed by atoms with Crippen LogP contribution in [0.2, 0.25) is 10.0 Å². The highest BCUT2D eigenvalue weighted by Crippen LogP contribution is 2.37. The summed E-state index contributed by atoms with van der Waals surface area (Å²) in [5.41, 5.74) is 4.58. The fourth-order valence-electron chi connectivity index (χ4n) is 3.07. The zero-order chi connectivity index (χ0) is 22.4. The average Bonchev–Trinajstić information content (AvgIpc) is 2.73. The van der Waals surface area contributed by atoms with Crippen molar-refractivity contribution in [3.8, 4) is 11.5 Å². The summed E-state index contributed by atoms with van der Waals surface area (Å²) in [5.74, 6) is 0.493. The monoisotopic (exact) mass is 458 g/mol. The van der Waals surface area contributed by atoms with Gasteiger partial charge >= 0.3 is 0 Å². The van der Waals surface area contributed by atoms with Crippen molar-refractivity contribution in [3.63, 3.8) is 0 Å². The highest BCUT2D eigenvalue weighted by molar-refractivity contribution is 6.32. The summed E-state index contributed by atoms with van der Waals surface area (Å²) in [6.07, 6.45) is 0. The maximum Gasteiger partial charge on any atom is 0.262 e. The van der Waals surface area contributed by atoms with E-state index in [1.54, 1.807) is 6.07 Å². The Morgan fingerprint density at radius 1 is 1.00 bits per heavy atom. The molecule has 0 aliphatic carbocycles. The van der Waals surface area contributed by atoms with Gasteiger partial charge in [-0.3, -0.25) is 4.79 Å². The standard InChI is InChI=1S/C24H24Cl2N2O3/c1-15-6-4-7-18(10-15)28-23(29)14-31-24-20(26)11-17(12-22(24)30-3)13-27-21-9-5-8-19(25)16(21)2/h4-12,27H,13-14H2,1-3H3,(H,28,29). The number of rotatable bonds is 8. The van der Waals surface area contributed by atoms with Crippen LogP contribution in [0.25, 0.3) is 0 Å². The third kappa shape index (κ3) is 6.06. The highest BCUT2D eigenvalue weighted by Gasteiger charge is 2.14. The number of carbonyl (C=O) groups is 1. The zero-order valence-corrected chi connectivity index (χ0v) is 19.1. The second-order valence-electron chi connectivity index (χ2n) is 7.08. The molecule has 0 radical (unpaired) electrons. The molecule has 0 unspecified atom stereocenters. The Morgan fingerprint density at radius 2 is 1.77 bits per heavy atom. The molecule has 3 rings (SSSR count). The van der Waals surface area contributed by atoms with Gasteiger partial charge in [-0.05, 0) is 66.9 Å². The summed E-state index contributed by atoms with van der Waals surface area (Å²) < 4.78 is 11.1. The number of nitrogens with one attached hydrogen (secondary N) is 2. The quantitative estimate of drug-likeness (QED) is 0.418. The second kappa shape index (κ2) is 10.4. The summed E-state index contributed by atoms with van der Waals surface area (Å²) in [5, 5.41) is 7.21. The van der Waals surface area contributed by atoms with Gasteiger partial charge in [0.1, 0.15) is 0 Å². The molecule has 31 heavy (non-hydrogen) atoms. The molecule has 2 N–H and O–H groups in total. The van der Waals surface area contributed by atoms with Crippen LogP contribution in [0.15, 0.2) is 54.6 Å². The van der Waals surface area contributed by atoms with E-state index in [4.69, 9.17) is 32.7 Å². The SMILES string of the molecule is COc1cc(CNc2cccc(Cl)c2C)cc(Cl)c1OCC(=O)Nc1cccc(C)c1. The van der Waals surface area contributed by atoms with E-state index in [2.05, 4.69) is 10.6 Å². The van der Waals surface area contributed by atoms with Gasteiger partial charge in [0.05, 0.1) is 12.1 Å². The number of ether oxygens (including phenoxy) is 2. The first kappa shape index (κ1) is 22.8. The largest absolute Gasteiger partial charge is 0.493 e. The van der Waals surface area contributed by atoms with E-state index in [-0.39, 0.29) is 12.5 Å². The van der Waals surface area contributed by atoms with Gasteiger partial charge in [-0.25, -0.2) is 0 Å². The van der Waals surface area contributed by atoms with Crippen LogP contribution in [0.4, 0.5) is 11.4 Å². The van der Waals surface area contributed by atoms with Gasteiger partial charge in [-0.1, -0.05) is 41.4 Å². The molecule has 0 heterocycles. The molecule has 0 atom stereocenters. The average molecular weight is 459 g/mol. The van der Waals surface area contributed by atoms with Crippen molar-refractivity contribution < 1.29 is 14.3 Å². The lowest BCUT2D eigenvalue weighted by atomic mass is 10.1. The molecule has 0 aromatic heterocycles. The van der Waals surface area contributed by atoms with E-state index >= 15 is 0 Å². The normalized spacial score (nSPS) is 10.5. The van der Waals surface area contributed by atoms with E-state index in [0.717, 1.165) is 22.4 Å². The molecule has 0 spiro atoms. The summed E-state index contributed by atoms with van der Waals surface area (Å²) in [7, 11) is 1.53. The minimum Gasteiger partial charge on any atom is -0.493 e. The van der Waals surface area contributed by atoms with Crippen LogP contribution >= 0.6 is 23.2 Å². The van der Waals surface area contributed by atoms with E-state index in [0.29, 0.717) is 33.8 Å². The first-order valence-corrected chi connectivity index (χ1v) is 10.5. The van der Waals surface area contributed by atoms with Crippen LogP contribution in [-0.2, 0) is 11.3 Å². The van der Waals surface area contributed by atoms with Crippen LogP contribution < -0.4 is 20.1 Å². The third-order valence-electron chi connectivity index (χ3n) is 4.69. The summed E-state index contributed by atoms with van der Waals surface area (Å²) in [4.78, 5) is 12.3. The van der Waals surface area contributed by atoms with Crippen LogP contribution in [0.5, 0.6) is 11.5 Å². The fourth-order valence-corrected chi connectivity index (χ4v) is 3.53. The Bertz CT molecular complexity index is 1090. The second-order valence-corrected chi connectivity index (χ2v) is 7.90. The summed E-state index contributed by atoms with van der Waals surface area (Å²) in [6, 6.07) is 16.9. The van der Waals surface area contributed by atoms with Crippen LogP contribution in [0, 0.1) is 13.8 Å². The number of benzene rings is 3. The lowest BCUT2D eigenvalue weighted by Crippen LogP contribution is -2.20. The third-order valence-corrected chi connectivity index (χ3v) is 5.38. The van der Waals surface area contributed by atoms with Gasteiger partial charge in [0.2, 0.25) is 0 Å². The Hall–Kier alpha value is -2.89. The number of aryl methyl sites for hydroxylation is 1. The number of amides is 1. The number of hydrogen-bond donors (Lipinski definition) is 2. The predicted octanol–water partition coefficient (Wildman–Crippen LogP) is 6.25. The Morgan fingerprint density at radius 3 is 2.52 bits per heavy atom. The molecular weight excluding hydrogens is 435 g/mol. The lowest BCUT2D eigenvalue weighted by Gasteiger charge is -2.15. The molecule has 1 amide bonds. The van der Waals surface area contributed by atoms with Gasteiger partial charge < -0.3 is 20.1 Å². The first-order valence-electron chi connectivity index (χ1n) is 9.72. The summed E-state index contributed by atoms with van der Waals surface area (Å²) >= 11 is 12.6. The number of halogens is 2. The predicted molar refractivity (Wildman–Crippen MR) is 127 cm³/mol. The maximum absolute atomic E-state index is 12.3. The molecule has 0 fully saturated rings. The zero-order valence-electron chi connectivity index (χ0n) is 17.6. The fraction of sp³-hybridized carbons (Fsp3) is 0.208. The number of methoxy groups -OCH3 is 1. The smallest absolute Gasteiger partial charge is 0.262 e. The minimum atomic E-state index is -0.286. The lowest BCUT2D eigenvalue weighted by molar-refractivity contribution is -0.118. The van der Waals surface area contributed by atoms with Crippen molar-refractivity contribution in [1.82, 2.24) is 0 Å². The van der Waals surface area contributed by atoms with Crippen molar-refractivity contribution in [2.75, 3.05) is 24.4 Å². The number of hydrogen-bond acceptors (Lipinski definition) is 4. The molecule has 162 valence electrons. The maximum atomic E-state index is 12.3. The van der Waals surface area contributed by atoms with Crippen molar-refractivity contribution in [2.24, 2.45) is 0 Å². The number of carbonyl (C=O) groups excluding carboxylic acids is 1. The molecular formula is C24H24Cl2N2O3. The Labute approximate surface area is 192 Å². The molecule has 0 bridgehead atoms. The first-order chi connectivity index (χ1) is 14.9. The molecule has 7 heteroatoms. The Balaban J connectivity index is 1.66. The van der Waals surface area contributed by atoms with Crippen molar-refractivity contribution in [3.05, 3.63) is 81.3 Å². The van der Waals surface area contributed by atoms with Crippen molar-refractivity contribution in [1.29, 1.82) is 0 Å². The van der Waals surface area contributed by atoms with E-state index in [1.807, 2.05) is 62.4 Å². The summed E-state index contributed by atoms with van der Waals surface area (Å²) in [6.45, 7) is 4.24. The topological polar surface area (TPSA) is 59.6 Å². The molecule has 0 aliphatic heterocycles. The van der Waals surface area contributed by atoms with Crippen LogP contribution in [0.3, 0.4) is 0 Å². The van der Waals surface area contributed by atoms with E-state index in [9.17, 15) is 4.79 Å². The highest BCUT2D eigenvalue weighted by atomic mass is 35.5. The molecule has 3 aromatic carbocycles. The van der Waals surface area contributed by atoms with Gasteiger partial charge in [0.25, 0.3) is 5.91 Å².